The highest BCUT2D eigenvalue weighted by atomic mass is 35.5. The molecule has 122 valence electrons. The molecule has 0 atom stereocenters. The van der Waals surface area contributed by atoms with Crippen LogP contribution in [0.1, 0.15) is 16.1 Å². The number of carbonyl (C=O) groups is 1. The fraction of sp³-hybridized carbons (Fsp3) is 0.125. The number of halogens is 2. The van der Waals surface area contributed by atoms with Crippen LogP contribution in [0.5, 0.6) is 0 Å². The van der Waals surface area contributed by atoms with Crippen LogP contribution in [0.25, 0.3) is 11.4 Å². The van der Waals surface area contributed by atoms with E-state index in [0.717, 1.165) is 5.69 Å². The molecule has 0 N–H and O–H groups in total. The Bertz CT molecular complexity index is 877. The van der Waals surface area contributed by atoms with Gasteiger partial charge in [0.1, 0.15) is 11.5 Å². The minimum Gasteiger partial charge on any atom is -0.287 e. The number of hydrogen-bond acceptors (Lipinski definition) is 5. The summed E-state index contributed by atoms with van der Waals surface area (Å²) in [5, 5.41) is 2.45. The molecule has 0 aliphatic heterocycles. The zero-order valence-electron chi connectivity index (χ0n) is 12.8. The summed E-state index contributed by atoms with van der Waals surface area (Å²) in [4.78, 5) is 26.4. The highest BCUT2D eigenvalue weighted by Crippen LogP contribution is 2.27. The normalized spacial score (nSPS) is 10.7. The molecule has 2 aromatic heterocycles. The fourth-order valence-electron chi connectivity index (χ4n) is 2.07. The second-order valence-corrected chi connectivity index (χ2v) is 6.22. The molecule has 1 amide bonds. The zero-order chi connectivity index (χ0) is 17.3. The Morgan fingerprint density at radius 2 is 1.88 bits per heavy atom. The van der Waals surface area contributed by atoms with E-state index >= 15 is 0 Å². The van der Waals surface area contributed by atoms with E-state index in [2.05, 4.69) is 15.0 Å². The van der Waals surface area contributed by atoms with Crippen molar-refractivity contribution in [2.45, 2.75) is 6.92 Å². The summed E-state index contributed by atoms with van der Waals surface area (Å²) < 4.78 is 13.0. The molecule has 0 bridgehead atoms. The highest BCUT2D eigenvalue weighted by molar-refractivity contribution is 7.14. The first kappa shape index (κ1) is 16.5. The molecule has 0 aliphatic rings. The number of rotatable bonds is 3. The van der Waals surface area contributed by atoms with Crippen molar-refractivity contribution in [2.75, 3.05) is 11.9 Å². The van der Waals surface area contributed by atoms with Gasteiger partial charge in [0, 0.05) is 23.7 Å². The Labute approximate surface area is 146 Å². The van der Waals surface area contributed by atoms with Gasteiger partial charge >= 0.3 is 0 Å². The zero-order valence-corrected chi connectivity index (χ0v) is 14.4. The number of thiazole rings is 1. The van der Waals surface area contributed by atoms with E-state index < -0.39 is 0 Å². The van der Waals surface area contributed by atoms with Crippen molar-refractivity contribution in [3.8, 4) is 11.4 Å². The summed E-state index contributed by atoms with van der Waals surface area (Å²) in [6.45, 7) is 1.81. The maximum Gasteiger partial charge on any atom is 0.259 e. The fourth-order valence-corrected chi connectivity index (χ4v) is 3.08. The van der Waals surface area contributed by atoms with Crippen LogP contribution in [0.15, 0.2) is 35.7 Å². The molecular weight excluding hydrogens is 351 g/mol. The van der Waals surface area contributed by atoms with Crippen LogP contribution in [0.2, 0.25) is 5.28 Å². The maximum atomic E-state index is 13.0. The number of aryl methyl sites for hydroxylation is 1. The molecule has 0 unspecified atom stereocenters. The van der Waals surface area contributed by atoms with E-state index in [1.165, 1.54) is 40.5 Å². The minimum atomic E-state index is -0.387. The van der Waals surface area contributed by atoms with E-state index in [1.807, 2.05) is 6.92 Å². The van der Waals surface area contributed by atoms with Gasteiger partial charge in [-0.1, -0.05) is 0 Å². The molecule has 3 aromatic rings. The second-order valence-electron chi connectivity index (χ2n) is 5.05. The Kier molecular flexibility index (Phi) is 4.55. The van der Waals surface area contributed by atoms with Crippen LogP contribution in [-0.4, -0.2) is 27.9 Å². The Morgan fingerprint density at radius 1 is 1.17 bits per heavy atom. The van der Waals surface area contributed by atoms with Gasteiger partial charge in [0.15, 0.2) is 5.13 Å². The van der Waals surface area contributed by atoms with Crippen LogP contribution in [0.3, 0.4) is 0 Å². The molecule has 1 aromatic carbocycles. The first-order chi connectivity index (χ1) is 11.4. The van der Waals surface area contributed by atoms with Crippen LogP contribution in [-0.2, 0) is 0 Å². The number of anilines is 1. The minimum absolute atomic E-state index is 0.148. The molecule has 0 saturated heterocycles. The lowest BCUT2D eigenvalue weighted by atomic mass is 10.2. The van der Waals surface area contributed by atoms with E-state index in [4.69, 9.17) is 11.6 Å². The van der Waals surface area contributed by atoms with Gasteiger partial charge in [0.25, 0.3) is 5.91 Å². The molecule has 0 radical (unpaired) electrons. The molecule has 24 heavy (non-hydrogen) atoms. The lowest BCUT2D eigenvalue weighted by Gasteiger charge is -2.13. The van der Waals surface area contributed by atoms with Gasteiger partial charge < -0.3 is 0 Å². The van der Waals surface area contributed by atoms with Crippen LogP contribution in [0, 0.1) is 12.7 Å². The predicted octanol–water partition coefficient (Wildman–Crippen LogP) is 3.98. The van der Waals surface area contributed by atoms with Crippen molar-refractivity contribution < 1.29 is 9.18 Å². The first-order valence-corrected chi connectivity index (χ1v) is 8.20. The maximum absolute atomic E-state index is 13.0. The van der Waals surface area contributed by atoms with E-state index in [1.54, 1.807) is 18.5 Å². The van der Waals surface area contributed by atoms with Crippen molar-refractivity contribution in [1.82, 2.24) is 15.0 Å². The molecule has 0 fully saturated rings. The number of nitrogens with zero attached hydrogens (tertiary/aromatic N) is 4. The summed E-state index contributed by atoms with van der Waals surface area (Å²) in [6, 6.07) is 7.15. The van der Waals surface area contributed by atoms with Gasteiger partial charge in [-0.2, -0.15) is 0 Å². The van der Waals surface area contributed by atoms with Crippen molar-refractivity contribution in [3.63, 3.8) is 0 Å². The van der Waals surface area contributed by atoms with Crippen molar-refractivity contribution in [2.24, 2.45) is 0 Å². The Balaban J connectivity index is 1.86. The monoisotopic (exact) mass is 362 g/mol. The van der Waals surface area contributed by atoms with Crippen LogP contribution < -0.4 is 4.90 Å². The molecule has 5 nitrogen and oxygen atoms in total. The SMILES string of the molecule is Cc1cc(-c2csc(N(C)C(=O)c3ccc(F)cc3)n2)nc(Cl)n1. The molecule has 2 heterocycles. The number of amides is 1. The Hall–Kier alpha value is -2.38. The van der Waals surface area contributed by atoms with Gasteiger partial charge in [-0.15, -0.1) is 11.3 Å². The number of aromatic nitrogens is 3. The van der Waals surface area contributed by atoms with Gasteiger partial charge in [-0.3, -0.25) is 9.69 Å². The third-order valence-corrected chi connectivity index (χ3v) is 4.35. The lowest BCUT2D eigenvalue weighted by Crippen LogP contribution is -2.26. The summed E-state index contributed by atoms with van der Waals surface area (Å²) >= 11 is 7.18. The second kappa shape index (κ2) is 6.62. The number of carbonyl (C=O) groups excluding carboxylic acids is 1. The molecular formula is C16H12ClFN4OS. The molecule has 0 spiro atoms. The summed E-state index contributed by atoms with van der Waals surface area (Å²) in [5.74, 6) is -0.658. The summed E-state index contributed by atoms with van der Waals surface area (Å²) in [6.07, 6.45) is 0. The predicted molar refractivity (Wildman–Crippen MR) is 92.0 cm³/mol. The van der Waals surface area contributed by atoms with Crippen molar-refractivity contribution in [1.29, 1.82) is 0 Å². The average Bonchev–Trinajstić information content (AvgIpc) is 3.03. The topological polar surface area (TPSA) is 59.0 Å². The largest absolute Gasteiger partial charge is 0.287 e. The van der Waals surface area contributed by atoms with E-state index in [0.29, 0.717) is 22.1 Å². The first-order valence-electron chi connectivity index (χ1n) is 6.95. The number of hydrogen-bond donors (Lipinski definition) is 0. The van der Waals surface area contributed by atoms with E-state index in [9.17, 15) is 9.18 Å². The summed E-state index contributed by atoms with van der Waals surface area (Å²) in [7, 11) is 1.62. The standard InChI is InChI=1S/C16H12ClFN4OS/c1-9-7-12(20-15(17)19-9)13-8-24-16(21-13)22(2)14(23)10-3-5-11(18)6-4-10/h3-8H,1-2H3. The van der Waals surface area contributed by atoms with Crippen LogP contribution in [0.4, 0.5) is 9.52 Å². The van der Waals surface area contributed by atoms with Crippen molar-refractivity contribution in [3.05, 3.63) is 58.1 Å². The smallest absolute Gasteiger partial charge is 0.259 e. The van der Waals surface area contributed by atoms with Gasteiger partial charge in [-0.05, 0) is 48.9 Å². The average molecular weight is 363 g/mol. The quantitative estimate of drug-likeness (QED) is 0.661. The molecule has 0 aliphatic carbocycles. The van der Waals surface area contributed by atoms with Gasteiger partial charge in [-0.25, -0.2) is 19.3 Å². The van der Waals surface area contributed by atoms with Crippen molar-refractivity contribution >= 4 is 34.0 Å². The third-order valence-electron chi connectivity index (χ3n) is 3.26. The van der Waals surface area contributed by atoms with Gasteiger partial charge in [0.2, 0.25) is 5.28 Å². The Morgan fingerprint density at radius 3 is 2.54 bits per heavy atom. The van der Waals surface area contributed by atoms with E-state index in [-0.39, 0.29) is 17.0 Å². The lowest BCUT2D eigenvalue weighted by molar-refractivity contribution is 0.0993. The van der Waals surface area contributed by atoms with Crippen LogP contribution >= 0.6 is 22.9 Å². The third kappa shape index (κ3) is 3.42. The molecule has 8 heteroatoms. The summed E-state index contributed by atoms with van der Waals surface area (Å²) in [5.41, 5.74) is 2.32. The number of benzene rings is 1. The van der Waals surface area contributed by atoms with Gasteiger partial charge in [0.05, 0.1) is 5.69 Å². The highest BCUT2D eigenvalue weighted by Gasteiger charge is 2.17. The molecule has 0 saturated carbocycles. The molecule has 3 rings (SSSR count).